The van der Waals surface area contributed by atoms with E-state index in [-0.39, 0.29) is 18.4 Å². The molecule has 0 radical (unpaired) electrons. The summed E-state index contributed by atoms with van der Waals surface area (Å²) in [7, 11) is 1.58. The van der Waals surface area contributed by atoms with Crippen LogP contribution in [0.15, 0.2) is 0 Å². The normalized spacial score (nSPS) is 20.3. The van der Waals surface area contributed by atoms with Crippen molar-refractivity contribution in [3.63, 3.8) is 0 Å². The Morgan fingerprint density at radius 1 is 1.26 bits per heavy atom. The molecule has 5 heteroatoms. The van der Waals surface area contributed by atoms with E-state index in [0.29, 0.717) is 19.4 Å². The Morgan fingerprint density at radius 2 is 1.84 bits per heavy atom. The van der Waals surface area contributed by atoms with Gasteiger partial charge in [-0.1, -0.05) is 25.7 Å². The minimum atomic E-state index is -0.864. The van der Waals surface area contributed by atoms with Gasteiger partial charge < -0.3 is 15.2 Å². The molecule has 2 N–H and O–H groups in total. The molecule has 0 aromatic carbocycles. The average Bonchev–Trinajstić information content (AvgIpc) is 2.62. The molecule has 1 atom stereocenters. The number of carboxylic acids is 1. The monoisotopic (exact) mass is 271 g/mol. The van der Waals surface area contributed by atoms with Crippen LogP contribution < -0.4 is 5.32 Å². The maximum absolute atomic E-state index is 11.9. The molecule has 110 valence electrons. The van der Waals surface area contributed by atoms with E-state index in [1.165, 1.54) is 0 Å². The van der Waals surface area contributed by atoms with Crippen LogP contribution in [0, 0.1) is 5.41 Å². The van der Waals surface area contributed by atoms with E-state index in [0.717, 1.165) is 25.7 Å². The van der Waals surface area contributed by atoms with Gasteiger partial charge in [-0.2, -0.15) is 0 Å². The largest absolute Gasteiger partial charge is 0.481 e. The van der Waals surface area contributed by atoms with Crippen molar-refractivity contribution in [2.45, 2.75) is 58.0 Å². The molecule has 5 nitrogen and oxygen atoms in total. The Kier molecular flexibility index (Phi) is 6.28. The molecule has 19 heavy (non-hydrogen) atoms. The fourth-order valence-corrected chi connectivity index (χ4v) is 2.58. The van der Waals surface area contributed by atoms with Gasteiger partial charge in [-0.15, -0.1) is 0 Å². The molecular formula is C14H25NO4. The number of carbonyl (C=O) groups is 2. The fourth-order valence-electron chi connectivity index (χ4n) is 2.58. The molecular weight excluding hydrogens is 246 g/mol. The van der Waals surface area contributed by atoms with Crippen molar-refractivity contribution in [3.05, 3.63) is 0 Å². The summed E-state index contributed by atoms with van der Waals surface area (Å²) in [6, 6.07) is 0. The number of aliphatic carboxylic acids is 1. The van der Waals surface area contributed by atoms with Gasteiger partial charge in [-0.25, -0.2) is 0 Å². The lowest BCUT2D eigenvalue weighted by Gasteiger charge is -2.27. The summed E-state index contributed by atoms with van der Waals surface area (Å²) in [5.41, 5.74) is -0.864. The summed E-state index contributed by atoms with van der Waals surface area (Å²) in [6.45, 7) is 2.28. The molecule has 0 spiro atoms. The van der Waals surface area contributed by atoms with E-state index in [2.05, 4.69) is 5.32 Å². The van der Waals surface area contributed by atoms with E-state index in [9.17, 15) is 14.7 Å². The number of amides is 1. The Bertz CT molecular complexity index is 309. The van der Waals surface area contributed by atoms with Gasteiger partial charge in [0, 0.05) is 20.1 Å². The third-order valence-electron chi connectivity index (χ3n) is 4.00. The summed E-state index contributed by atoms with van der Waals surface area (Å²) >= 11 is 0. The van der Waals surface area contributed by atoms with Crippen LogP contribution in [-0.2, 0) is 14.3 Å². The predicted octanol–water partition coefficient (Wildman–Crippen LogP) is 1.95. The Hall–Kier alpha value is -1.10. The van der Waals surface area contributed by atoms with Gasteiger partial charge in [-0.05, 0) is 19.8 Å². The molecule has 1 aliphatic rings. The van der Waals surface area contributed by atoms with Gasteiger partial charge in [0.2, 0.25) is 5.91 Å². The standard InChI is InChI=1S/C14H25NO4/c1-11(19-2)10-15-12(16)9-14(13(17)18)7-5-3-4-6-8-14/h11H,3-10H2,1-2H3,(H,15,16)(H,17,18). The second-order valence-corrected chi connectivity index (χ2v) is 5.53. The zero-order valence-electron chi connectivity index (χ0n) is 11.9. The van der Waals surface area contributed by atoms with Crippen LogP contribution in [0.2, 0.25) is 0 Å². The van der Waals surface area contributed by atoms with Crippen LogP contribution in [0.5, 0.6) is 0 Å². The lowest BCUT2D eigenvalue weighted by molar-refractivity contribution is -0.153. The van der Waals surface area contributed by atoms with Crippen LogP contribution in [-0.4, -0.2) is 36.7 Å². The maximum Gasteiger partial charge on any atom is 0.310 e. The van der Waals surface area contributed by atoms with E-state index in [4.69, 9.17) is 4.74 Å². The second kappa shape index (κ2) is 7.48. The zero-order chi connectivity index (χ0) is 14.3. The molecule has 1 saturated carbocycles. The molecule has 1 fully saturated rings. The number of ether oxygens (including phenoxy) is 1. The molecule has 0 bridgehead atoms. The van der Waals surface area contributed by atoms with Crippen molar-refractivity contribution in [1.82, 2.24) is 5.32 Å². The summed E-state index contributed by atoms with van der Waals surface area (Å²) < 4.78 is 5.05. The summed E-state index contributed by atoms with van der Waals surface area (Å²) in [5, 5.41) is 12.2. The lowest BCUT2D eigenvalue weighted by atomic mass is 9.77. The first-order chi connectivity index (χ1) is 9.00. The van der Waals surface area contributed by atoms with Gasteiger partial charge in [-0.3, -0.25) is 9.59 Å². The van der Waals surface area contributed by atoms with E-state index in [1.54, 1.807) is 7.11 Å². The first-order valence-corrected chi connectivity index (χ1v) is 7.03. The highest BCUT2D eigenvalue weighted by atomic mass is 16.5. The minimum absolute atomic E-state index is 0.0566. The number of carbonyl (C=O) groups excluding carboxylic acids is 1. The highest BCUT2D eigenvalue weighted by Gasteiger charge is 2.40. The van der Waals surface area contributed by atoms with Crippen LogP contribution in [0.3, 0.4) is 0 Å². The summed E-state index contributed by atoms with van der Waals surface area (Å²) in [5.74, 6) is -1.02. The molecule has 0 aromatic heterocycles. The SMILES string of the molecule is COC(C)CNC(=O)CC1(C(=O)O)CCCCCC1. The van der Waals surface area contributed by atoms with Crippen molar-refractivity contribution < 1.29 is 19.4 Å². The van der Waals surface area contributed by atoms with E-state index < -0.39 is 11.4 Å². The van der Waals surface area contributed by atoms with Crippen molar-refractivity contribution in [2.24, 2.45) is 5.41 Å². The van der Waals surface area contributed by atoms with Crippen molar-refractivity contribution in [1.29, 1.82) is 0 Å². The number of nitrogens with one attached hydrogen (secondary N) is 1. The third-order valence-corrected chi connectivity index (χ3v) is 4.00. The van der Waals surface area contributed by atoms with Crippen LogP contribution in [0.25, 0.3) is 0 Å². The van der Waals surface area contributed by atoms with E-state index in [1.807, 2.05) is 6.92 Å². The van der Waals surface area contributed by atoms with E-state index >= 15 is 0 Å². The Labute approximate surface area is 114 Å². The van der Waals surface area contributed by atoms with Gasteiger partial charge in [0.05, 0.1) is 11.5 Å². The first kappa shape index (κ1) is 16.0. The molecule has 1 rings (SSSR count). The summed E-state index contributed by atoms with van der Waals surface area (Å²) in [4.78, 5) is 23.5. The molecule has 1 aliphatic carbocycles. The number of hydrogen-bond acceptors (Lipinski definition) is 3. The molecule has 0 aromatic rings. The topological polar surface area (TPSA) is 75.6 Å². The minimum Gasteiger partial charge on any atom is -0.481 e. The molecule has 0 heterocycles. The van der Waals surface area contributed by atoms with Crippen molar-refractivity contribution in [3.8, 4) is 0 Å². The van der Waals surface area contributed by atoms with Crippen LogP contribution in [0.4, 0.5) is 0 Å². The zero-order valence-corrected chi connectivity index (χ0v) is 11.9. The highest BCUT2D eigenvalue weighted by molar-refractivity contribution is 5.85. The molecule has 1 unspecified atom stereocenters. The summed E-state index contributed by atoms with van der Waals surface area (Å²) in [6.07, 6.45) is 5.17. The highest BCUT2D eigenvalue weighted by Crippen LogP contribution is 2.38. The van der Waals surface area contributed by atoms with Gasteiger partial charge in [0.1, 0.15) is 0 Å². The quantitative estimate of drug-likeness (QED) is 0.724. The van der Waals surface area contributed by atoms with Crippen molar-refractivity contribution >= 4 is 11.9 Å². The first-order valence-electron chi connectivity index (χ1n) is 7.03. The van der Waals surface area contributed by atoms with Gasteiger partial charge >= 0.3 is 5.97 Å². The molecule has 0 saturated heterocycles. The van der Waals surface area contributed by atoms with Crippen LogP contribution >= 0.6 is 0 Å². The van der Waals surface area contributed by atoms with Gasteiger partial charge in [0.25, 0.3) is 0 Å². The number of methoxy groups -OCH3 is 1. The fraction of sp³-hybridized carbons (Fsp3) is 0.857. The predicted molar refractivity (Wildman–Crippen MR) is 71.9 cm³/mol. The second-order valence-electron chi connectivity index (χ2n) is 5.53. The maximum atomic E-state index is 11.9. The number of carboxylic acid groups (broad SMARTS) is 1. The van der Waals surface area contributed by atoms with Crippen LogP contribution in [0.1, 0.15) is 51.9 Å². The Morgan fingerprint density at radius 3 is 2.32 bits per heavy atom. The molecule has 1 amide bonds. The average molecular weight is 271 g/mol. The smallest absolute Gasteiger partial charge is 0.310 e. The third kappa shape index (κ3) is 4.82. The molecule has 0 aliphatic heterocycles. The van der Waals surface area contributed by atoms with Gasteiger partial charge in [0.15, 0.2) is 0 Å². The van der Waals surface area contributed by atoms with Crippen molar-refractivity contribution in [2.75, 3.05) is 13.7 Å². The number of rotatable bonds is 6. The lowest BCUT2D eigenvalue weighted by Crippen LogP contribution is -2.39. The number of hydrogen-bond donors (Lipinski definition) is 2. The Balaban J connectivity index is 2.57.